The highest BCUT2D eigenvalue weighted by Crippen LogP contribution is 2.37. The average Bonchev–Trinajstić information content (AvgIpc) is 2.19. The summed E-state index contributed by atoms with van der Waals surface area (Å²) in [5.74, 6) is -1.43. The molecule has 3 saturated carbocycles. The van der Waals surface area contributed by atoms with Gasteiger partial charge in [0.1, 0.15) is 5.78 Å². The highest BCUT2D eigenvalue weighted by molar-refractivity contribution is 5.83. The van der Waals surface area contributed by atoms with E-state index in [-0.39, 0.29) is 0 Å². The van der Waals surface area contributed by atoms with Crippen molar-refractivity contribution in [3.05, 3.63) is 0 Å². The molecule has 4 nitrogen and oxygen atoms in total. The lowest BCUT2D eigenvalue weighted by molar-refractivity contribution is -0.192. The lowest BCUT2D eigenvalue weighted by Crippen LogP contribution is -2.45. The maximum atomic E-state index is 11.1. The van der Waals surface area contributed by atoms with Gasteiger partial charge in [0.25, 0.3) is 0 Å². The maximum Gasteiger partial charge on any atom is 0.490 e. The second kappa shape index (κ2) is 5.03. The van der Waals surface area contributed by atoms with Crippen molar-refractivity contribution in [3.8, 4) is 0 Å². The molecule has 0 aromatic heterocycles. The Morgan fingerprint density at radius 1 is 1.35 bits per heavy atom. The molecular weight excluding hydrogens is 239 g/mol. The van der Waals surface area contributed by atoms with Crippen LogP contribution in [0.4, 0.5) is 13.2 Å². The van der Waals surface area contributed by atoms with Crippen molar-refractivity contribution in [1.82, 2.24) is 0 Å². The van der Waals surface area contributed by atoms with Gasteiger partial charge >= 0.3 is 12.1 Å². The molecule has 0 heterocycles. The summed E-state index contributed by atoms with van der Waals surface area (Å²) in [5, 5.41) is 7.12. The van der Waals surface area contributed by atoms with Crippen LogP contribution in [0.15, 0.2) is 0 Å². The number of hydrogen-bond acceptors (Lipinski definition) is 3. The van der Waals surface area contributed by atoms with Crippen LogP contribution >= 0.6 is 0 Å². The molecule has 0 spiro atoms. The predicted octanol–water partition coefficient (Wildman–Crippen LogP) is 1.34. The Morgan fingerprint density at radius 2 is 1.88 bits per heavy atom. The van der Waals surface area contributed by atoms with Crippen molar-refractivity contribution >= 4 is 11.8 Å². The molecule has 7 heteroatoms. The predicted molar refractivity (Wildman–Crippen MR) is 52.1 cm³/mol. The highest BCUT2D eigenvalue weighted by atomic mass is 19.4. The lowest BCUT2D eigenvalue weighted by Gasteiger charge is -2.39. The Labute approximate surface area is 96.0 Å². The maximum absolute atomic E-state index is 11.1. The summed E-state index contributed by atoms with van der Waals surface area (Å²) in [6.45, 7) is 0. The third-order valence-corrected chi connectivity index (χ3v) is 3.21. The molecule has 0 radical (unpaired) electrons. The van der Waals surface area contributed by atoms with Gasteiger partial charge in [0, 0.05) is 18.4 Å². The van der Waals surface area contributed by atoms with E-state index in [0.29, 0.717) is 23.7 Å². The van der Waals surface area contributed by atoms with Crippen LogP contribution in [-0.4, -0.2) is 29.1 Å². The van der Waals surface area contributed by atoms with E-state index < -0.39 is 12.1 Å². The molecule has 3 atom stereocenters. The van der Waals surface area contributed by atoms with Gasteiger partial charge in [-0.25, -0.2) is 4.79 Å². The minimum Gasteiger partial charge on any atom is -0.475 e. The van der Waals surface area contributed by atoms with E-state index in [1.54, 1.807) is 0 Å². The van der Waals surface area contributed by atoms with Gasteiger partial charge in [0.05, 0.1) is 0 Å². The average molecular weight is 253 g/mol. The van der Waals surface area contributed by atoms with E-state index in [1.165, 1.54) is 6.42 Å². The number of ketones is 1. The Balaban J connectivity index is 0.000000185. The van der Waals surface area contributed by atoms with Gasteiger partial charge in [0.2, 0.25) is 0 Å². The summed E-state index contributed by atoms with van der Waals surface area (Å²) in [4.78, 5) is 20.0. The zero-order chi connectivity index (χ0) is 13.2. The summed E-state index contributed by atoms with van der Waals surface area (Å²) in [7, 11) is 0. The Morgan fingerprint density at radius 3 is 2.06 bits per heavy atom. The first kappa shape index (κ1) is 14.0. The van der Waals surface area contributed by atoms with Crippen LogP contribution in [0.2, 0.25) is 0 Å². The Hall–Kier alpha value is -1.11. The van der Waals surface area contributed by atoms with E-state index >= 15 is 0 Å². The fourth-order valence-corrected chi connectivity index (χ4v) is 2.24. The van der Waals surface area contributed by atoms with Crippen molar-refractivity contribution in [1.29, 1.82) is 0 Å². The first-order valence-corrected chi connectivity index (χ1v) is 5.30. The number of hydrogen-bond donors (Lipinski definition) is 2. The standard InChI is InChI=1S/C8H13NO.C2HF3O2/c9-7-3-6-2-1-5(7)4-8(6)10;3-2(4,5)1(6)7/h5-7H,1-4,9H2;(H,6,7). The van der Waals surface area contributed by atoms with Crippen molar-refractivity contribution < 1.29 is 27.9 Å². The van der Waals surface area contributed by atoms with Crippen LogP contribution in [0.1, 0.15) is 25.7 Å². The quantitative estimate of drug-likeness (QED) is 0.682. The molecule has 3 unspecified atom stereocenters. The van der Waals surface area contributed by atoms with Crippen LogP contribution < -0.4 is 5.73 Å². The van der Waals surface area contributed by atoms with Gasteiger partial charge < -0.3 is 10.8 Å². The fraction of sp³-hybridized carbons (Fsp3) is 0.800. The van der Waals surface area contributed by atoms with Crippen LogP contribution in [0, 0.1) is 11.8 Å². The normalized spacial score (nSPS) is 31.8. The van der Waals surface area contributed by atoms with Gasteiger partial charge in [-0.05, 0) is 25.2 Å². The first-order valence-electron chi connectivity index (χ1n) is 5.30. The van der Waals surface area contributed by atoms with Gasteiger partial charge in [-0.3, -0.25) is 4.79 Å². The number of alkyl halides is 3. The molecule has 0 aromatic carbocycles. The molecule has 2 bridgehead atoms. The van der Waals surface area contributed by atoms with Gasteiger partial charge in [-0.1, -0.05) is 0 Å². The van der Waals surface area contributed by atoms with Crippen molar-refractivity contribution in [2.45, 2.75) is 37.9 Å². The van der Waals surface area contributed by atoms with Crippen molar-refractivity contribution in [3.63, 3.8) is 0 Å². The summed E-state index contributed by atoms with van der Waals surface area (Å²) in [5.41, 5.74) is 5.83. The topological polar surface area (TPSA) is 80.4 Å². The van der Waals surface area contributed by atoms with Gasteiger partial charge in [0.15, 0.2) is 0 Å². The fourth-order valence-electron chi connectivity index (χ4n) is 2.24. The smallest absolute Gasteiger partial charge is 0.475 e. The zero-order valence-electron chi connectivity index (χ0n) is 9.04. The summed E-state index contributed by atoms with van der Waals surface area (Å²) in [6, 6.07) is 0.330. The second-order valence-electron chi connectivity index (χ2n) is 4.41. The number of rotatable bonds is 0. The van der Waals surface area contributed by atoms with E-state index in [0.717, 1.165) is 19.3 Å². The number of carbonyl (C=O) groups excluding carboxylic acids is 1. The van der Waals surface area contributed by atoms with E-state index in [2.05, 4.69) is 0 Å². The number of halogens is 3. The van der Waals surface area contributed by atoms with E-state index in [1.807, 2.05) is 0 Å². The van der Waals surface area contributed by atoms with Gasteiger partial charge in [-0.15, -0.1) is 0 Å². The number of carboxylic acids is 1. The Bertz CT molecular complexity index is 316. The molecule has 0 aliphatic heterocycles. The number of carboxylic acid groups (broad SMARTS) is 1. The minimum absolute atomic E-state index is 0.330. The first-order chi connectivity index (χ1) is 7.71. The highest BCUT2D eigenvalue weighted by Gasteiger charge is 2.39. The number of Topliss-reactive ketones (excluding diaryl/α,β-unsaturated/α-hetero) is 1. The lowest BCUT2D eigenvalue weighted by atomic mass is 9.67. The molecular formula is C10H14F3NO3. The second-order valence-corrected chi connectivity index (χ2v) is 4.41. The van der Waals surface area contributed by atoms with Gasteiger partial charge in [-0.2, -0.15) is 13.2 Å². The molecule has 0 aromatic rings. The molecule has 17 heavy (non-hydrogen) atoms. The number of aliphatic carboxylic acids is 1. The molecule has 3 aliphatic carbocycles. The number of nitrogens with two attached hydrogens (primary N) is 1. The number of carbonyl (C=O) groups is 2. The van der Waals surface area contributed by atoms with E-state index in [4.69, 9.17) is 15.6 Å². The SMILES string of the molecule is NC1CC2CCC1CC2=O.O=C(O)C(F)(F)F. The monoisotopic (exact) mass is 253 g/mol. The third-order valence-electron chi connectivity index (χ3n) is 3.21. The molecule has 3 aliphatic rings. The van der Waals surface area contributed by atoms with E-state index in [9.17, 15) is 18.0 Å². The molecule has 98 valence electrons. The van der Waals surface area contributed by atoms with Crippen molar-refractivity contribution in [2.75, 3.05) is 0 Å². The molecule has 3 rings (SSSR count). The summed E-state index contributed by atoms with van der Waals surface area (Å²) >= 11 is 0. The van der Waals surface area contributed by atoms with Crippen molar-refractivity contribution in [2.24, 2.45) is 17.6 Å². The molecule has 0 saturated heterocycles. The van der Waals surface area contributed by atoms with Crippen LogP contribution in [0.25, 0.3) is 0 Å². The number of fused-ring (bicyclic) bond motifs is 3. The third kappa shape index (κ3) is 3.69. The summed E-state index contributed by atoms with van der Waals surface area (Å²) in [6.07, 6.45) is -1.05. The molecule has 3 N–H and O–H groups in total. The minimum atomic E-state index is -5.08. The van der Waals surface area contributed by atoms with Crippen LogP contribution in [0.3, 0.4) is 0 Å². The van der Waals surface area contributed by atoms with Crippen LogP contribution in [-0.2, 0) is 9.59 Å². The zero-order valence-corrected chi connectivity index (χ0v) is 9.04. The molecule has 3 fully saturated rings. The Kier molecular flexibility index (Phi) is 4.13. The molecule has 0 amide bonds. The summed E-state index contributed by atoms with van der Waals surface area (Å²) < 4.78 is 31.7. The van der Waals surface area contributed by atoms with Crippen LogP contribution in [0.5, 0.6) is 0 Å². The largest absolute Gasteiger partial charge is 0.490 e.